The highest BCUT2D eigenvalue weighted by molar-refractivity contribution is 7.17. The molecule has 0 aromatic rings. The second-order valence-electron chi connectivity index (χ2n) is 3.75. The van der Waals surface area contributed by atoms with Crippen LogP contribution < -0.4 is 0 Å². The van der Waals surface area contributed by atoms with Crippen molar-refractivity contribution in [3.05, 3.63) is 0 Å². The number of hydrogen-bond donors (Lipinski definition) is 0. The standard InChI is InChI=1S/C11H25P/c1-3-5-6-7-8-10-11(12)9-4-2/h11H,3-10,12H2,1-2H3. The number of hydrogen-bond acceptors (Lipinski definition) is 0. The van der Waals surface area contributed by atoms with Gasteiger partial charge in [0.25, 0.3) is 0 Å². The Balaban J connectivity index is 2.97. The summed E-state index contributed by atoms with van der Waals surface area (Å²) in [5.41, 5.74) is 0.886. The van der Waals surface area contributed by atoms with E-state index in [2.05, 4.69) is 23.1 Å². The summed E-state index contributed by atoms with van der Waals surface area (Å²) in [6.07, 6.45) is 11.3. The van der Waals surface area contributed by atoms with E-state index in [0.717, 1.165) is 5.66 Å². The zero-order valence-electron chi connectivity index (χ0n) is 8.81. The molecule has 0 fully saturated rings. The fourth-order valence-electron chi connectivity index (χ4n) is 1.53. The van der Waals surface area contributed by atoms with Gasteiger partial charge in [-0.1, -0.05) is 52.4 Å². The quantitative estimate of drug-likeness (QED) is 0.391. The van der Waals surface area contributed by atoms with E-state index in [1.807, 2.05) is 0 Å². The molecule has 0 amide bonds. The minimum Gasteiger partial charge on any atom is -0.134 e. The van der Waals surface area contributed by atoms with E-state index in [-0.39, 0.29) is 0 Å². The van der Waals surface area contributed by atoms with Crippen molar-refractivity contribution in [3.63, 3.8) is 0 Å². The van der Waals surface area contributed by atoms with Crippen LogP contribution in [-0.2, 0) is 0 Å². The van der Waals surface area contributed by atoms with Crippen LogP contribution >= 0.6 is 9.24 Å². The molecule has 0 N–H and O–H groups in total. The molecule has 0 saturated heterocycles. The molecule has 0 saturated carbocycles. The predicted octanol–water partition coefficient (Wildman–Crippen LogP) is 4.39. The van der Waals surface area contributed by atoms with E-state index < -0.39 is 0 Å². The Labute approximate surface area is 80.7 Å². The molecule has 2 atom stereocenters. The lowest BCUT2D eigenvalue weighted by atomic mass is 10.1. The monoisotopic (exact) mass is 188 g/mol. The summed E-state index contributed by atoms with van der Waals surface area (Å²) < 4.78 is 0. The van der Waals surface area contributed by atoms with Crippen LogP contribution in [0.2, 0.25) is 0 Å². The largest absolute Gasteiger partial charge is 0.134 e. The van der Waals surface area contributed by atoms with E-state index in [1.165, 1.54) is 51.4 Å². The molecule has 0 nitrogen and oxygen atoms in total. The first-order valence-corrected chi connectivity index (χ1v) is 6.23. The topological polar surface area (TPSA) is 0 Å². The zero-order valence-corrected chi connectivity index (χ0v) is 9.97. The van der Waals surface area contributed by atoms with E-state index in [9.17, 15) is 0 Å². The SMILES string of the molecule is CCCCCCCC(P)CCC. The Hall–Kier alpha value is 0.430. The molecule has 0 aromatic carbocycles. The molecular weight excluding hydrogens is 163 g/mol. The summed E-state index contributed by atoms with van der Waals surface area (Å²) in [6, 6.07) is 0. The zero-order chi connectivity index (χ0) is 9.23. The van der Waals surface area contributed by atoms with Gasteiger partial charge in [0.15, 0.2) is 0 Å². The molecular formula is C11H25P. The second-order valence-corrected chi connectivity index (χ2v) is 4.69. The van der Waals surface area contributed by atoms with Gasteiger partial charge in [-0.05, 0) is 18.5 Å². The summed E-state index contributed by atoms with van der Waals surface area (Å²) >= 11 is 0. The van der Waals surface area contributed by atoms with Crippen molar-refractivity contribution < 1.29 is 0 Å². The van der Waals surface area contributed by atoms with E-state index >= 15 is 0 Å². The smallest absolute Gasteiger partial charge is 0.0264 e. The Bertz CT molecular complexity index is 81.1. The molecule has 2 unspecified atom stereocenters. The number of unbranched alkanes of at least 4 members (excludes halogenated alkanes) is 4. The first-order valence-electron chi connectivity index (χ1n) is 5.56. The van der Waals surface area contributed by atoms with Crippen LogP contribution in [0.15, 0.2) is 0 Å². The maximum absolute atomic E-state index is 2.98. The highest BCUT2D eigenvalue weighted by Crippen LogP contribution is 2.16. The summed E-state index contributed by atoms with van der Waals surface area (Å²) in [4.78, 5) is 0. The normalized spacial score (nSPS) is 13.2. The summed E-state index contributed by atoms with van der Waals surface area (Å²) in [5, 5.41) is 0. The molecule has 0 spiro atoms. The minimum atomic E-state index is 0.886. The van der Waals surface area contributed by atoms with Crippen LogP contribution in [0.25, 0.3) is 0 Å². The molecule has 1 heteroatoms. The van der Waals surface area contributed by atoms with Crippen molar-refractivity contribution in [3.8, 4) is 0 Å². The van der Waals surface area contributed by atoms with Crippen molar-refractivity contribution in [2.24, 2.45) is 0 Å². The van der Waals surface area contributed by atoms with Gasteiger partial charge < -0.3 is 0 Å². The first-order chi connectivity index (χ1) is 5.81. The van der Waals surface area contributed by atoms with Crippen LogP contribution in [0.4, 0.5) is 0 Å². The molecule has 0 radical (unpaired) electrons. The predicted molar refractivity (Wildman–Crippen MR) is 61.8 cm³/mol. The van der Waals surface area contributed by atoms with Gasteiger partial charge in [-0.3, -0.25) is 0 Å². The Morgan fingerprint density at radius 2 is 1.50 bits per heavy atom. The third-order valence-electron chi connectivity index (χ3n) is 2.34. The first kappa shape index (κ1) is 12.4. The van der Waals surface area contributed by atoms with Crippen molar-refractivity contribution in [2.75, 3.05) is 0 Å². The average molecular weight is 188 g/mol. The van der Waals surface area contributed by atoms with Gasteiger partial charge in [-0.2, -0.15) is 0 Å². The Morgan fingerprint density at radius 3 is 2.08 bits per heavy atom. The molecule has 74 valence electrons. The fraction of sp³-hybridized carbons (Fsp3) is 1.00. The Morgan fingerprint density at radius 1 is 0.833 bits per heavy atom. The minimum absolute atomic E-state index is 0.886. The van der Waals surface area contributed by atoms with Crippen LogP contribution in [0.5, 0.6) is 0 Å². The van der Waals surface area contributed by atoms with Crippen molar-refractivity contribution in [2.45, 2.75) is 70.9 Å². The third-order valence-corrected chi connectivity index (χ3v) is 3.00. The lowest BCUT2D eigenvalue weighted by Crippen LogP contribution is -1.96. The van der Waals surface area contributed by atoms with Crippen LogP contribution in [0.3, 0.4) is 0 Å². The molecule has 12 heavy (non-hydrogen) atoms. The molecule has 0 heterocycles. The molecule has 0 bridgehead atoms. The van der Waals surface area contributed by atoms with Crippen LogP contribution in [-0.4, -0.2) is 5.66 Å². The van der Waals surface area contributed by atoms with Gasteiger partial charge in [0.2, 0.25) is 0 Å². The second kappa shape index (κ2) is 9.52. The van der Waals surface area contributed by atoms with Gasteiger partial charge >= 0.3 is 0 Å². The maximum atomic E-state index is 2.98. The number of rotatable bonds is 8. The lowest BCUT2D eigenvalue weighted by Gasteiger charge is -2.08. The van der Waals surface area contributed by atoms with Gasteiger partial charge in [0, 0.05) is 0 Å². The molecule has 0 aliphatic rings. The Kier molecular flexibility index (Phi) is 9.86. The van der Waals surface area contributed by atoms with Crippen LogP contribution in [0, 0.1) is 0 Å². The molecule has 0 aliphatic carbocycles. The van der Waals surface area contributed by atoms with Gasteiger partial charge in [-0.15, -0.1) is 9.24 Å². The van der Waals surface area contributed by atoms with Crippen molar-refractivity contribution in [1.82, 2.24) is 0 Å². The molecule has 0 rings (SSSR count). The van der Waals surface area contributed by atoms with Gasteiger partial charge in [-0.25, -0.2) is 0 Å². The van der Waals surface area contributed by atoms with E-state index in [1.54, 1.807) is 0 Å². The average Bonchev–Trinajstić information content (AvgIpc) is 2.05. The molecule has 0 aromatic heterocycles. The summed E-state index contributed by atoms with van der Waals surface area (Å²) in [6.45, 7) is 4.55. The highest BCUT2D eigenvalue weighted by Gasteiger charge is 1.99. The van der Waals surface area contributed by atoms with Gasteiger partial charge in [0.1, 0.15) is 0 Å². The summed E-state index contributed by atoms with van der Waals surface area (Å²) in [5.74, 6) is 0. The fourth-order valence-corrected chi connectivity index (χ4v) is 2.09. The van der Waals surface area contributed by atoms with Crippen molar-refractivity contribution >= 4 is 9.24 Å². The highest BCUT2D eigenvalue weighted by atomic mass is 31.0. The lowest BCUT2D eigenvalue weighted by molar-refractivity contribution is 0.580. The van der Waals surface area contributed by atoms with E-state index in [4.69, 9.17) is 0 Å². The third kappa shape index (κ3) is 8.53. The molecule has 0 aliphatic heterocycles. The van der Waals surface area contributed by atoms with Crippen molar-refractivity contribution in [1.29, 1.82) is 0 Å². The maximum Gasteiger partial charge on any atom is -0.0264 e. The van der Waals surface area contributed by atoms with Crippen LogP contribution in [0.1, 0.15) is 65.2 Å². The summed E-state index contributed by atoms with van der Waals surface area (Å²) in [7, 11) is 2.98. The van der Waals surface area contributed by atoms with E-state index in [0.29, 0.717) is 0 Å². The van der Waals surface area contributed by atoms with Gasteiger partial charge in [0.05, 0.1) is 0 Å².